The number of aromatic nitrogens is 1. The molecule has 1 aromatic rings. The average Bonchev–Trinajstić information content (AvgIpc) is 2.64. The van der Waals surface area contributed by atoms with Gasteiger partial charge in [-0.1, -0.05) is 5.46 Å². The van der Waals surface area contributed by atoms with Gasteiger partial charge < -0.3 is 4.90 Å². The Morgan fingerprint density at radius 1 is 1.67 bits per heavy atom. The zero-order valence-corrected chi connectivity index (χ0v) is 8.57. The Morgan fingerprint density at radius 3 is 3.07 bits per heavy atom. The summed E-state index contributed by atoms with van der Waals surface area (Å²) in [5, 5.41) is 8.96. The lowest BCUT2D eigenvalue weighted by Gasteiger charge is -2.17. The Kier molecular flexibility index (Phi) is 2.59. The highest BCUT2D eigenvalue weighted by molar-refractivity contribution is 6.32. The SMILES string of the molecule is Bc1cnc(N2CC[C@H](F)C2)c(C#N)c1. The second-order valence-electron chi connectivity index (χ2n) is 3.83. The van der Waals surface area contributed by atoms with Crippen molar-refractivity contribution >= 4 is 19.1 Å². The van der Waals surface area contributed by atoms with Crippen LogP contribution in [-0.4, -0.2) is 32.1 Å². The number of alkyl halides is 1. The molecule has 0 aliphatic carbocycles. The number of halogens is 1. The third-order valence-electron chi connectivity index (χ3n) is 2.55. The van der Waals surface area contributed by atoms with E-state index in [-0.39, 0.29) is 0 Å². The van der Waals surface area contributed by atoms with E-state index in [1.54, 1.807) is 12.3 Å². The van der Waals surface area contributed by atoms with Gasteiger partial charge in [0.05, 0.1) is 12.1 Å². The minimum atomic E-state index is -0.792. The fourth-order valence-electron chi connectivity index (χ4n) is 1.81. The van der Waals surface area contributed by atoms with Gasteiger partial charge in [0.25, 0.3) is 0 Å². The summed E-state index contributed by atoms with van der Waals surface area (Å²) in [6.45, 7) is 0.997. The van der Waals surface area contributed by atoms with Crippen LogP contribution in [0.15, 0.2) is 12.3 Å². The van der Waals surface area contributed by atoms with E-state index in [0.717, 1.165) is 5.46 Å². The van der Waals surface area contributed by atoms with Gasteiger partial charge in [0.15, 0.2) is 0 Å². The number of pyridine rings is 1. The van der Waals surface area contributed by atoms with E-state index in [0.29, 0.717) is 30.9 Å². The maximum absolute atomic E-state index is 13.0. The molecule has 1 saturated heterocycles. The van der Waals surface area contributed by atoms with Gasteiger partial charge in [0, 0.05) is 12.7 Å². The molecule has 1 aromatic heterocycles. The van der Waals surface area contributed by atoms with Crippen LogP contribution >= 0.6 is 0 Å². The fourth-order valence-corrected chi connectivity index (χ4v) is 1.81. The molecule has 1 aliphatic heterocycles. The zero-order chi connectivity index (χ0) is 10.8. The molecule has 3 nitrogen and oxygen atoms in total. The molecule has 0 spiro atoms. The first-order valence-corrected chi connectivity index (χ1v) is 4.96. The number of nitrogens with zero attached hydrogens (tertiary/aromatic N) is 3. The van der Waals surface area contributed by atoms with Gasteiger partial charge in [0.2, 0.25) is 0 Å². The summed E-state index contributed by atoms with van der Waals surface area (Å²) in [7, 11) is 1.89. The molecule has 5 heteroatoms. The predicted molar refractivity (Wildman–Crippen MR) is 58.9 cm³/mol. The lowest BCUT2D eigenvalue weighted by atomic mass is 9.97. The number of hydrogen-bond donors (Lipinski definition) is 0. The minimum absolute atomic E-state index is 0.352. The first kappa shape index (κ1) is 9.97. The molecule has 76 valence electrons. The monoisotopic (exact) mass is 203 g/mol. The third kappa shape index (κ3) is 1.94. The normalized spacial score (nSPS) is 20.3. The lowest BCUT2D eigenvalue weighted by molar-refractivity contribution is 0.364. The van der Waals surface area contributed by atoms with E-state index in [2.05, 4.69) is 11.1 Å². The van der Waals surface area contributed by atoms with Gasteiger partial charge >= 0.3 is 0 Å². The van der Waals surface area contributed by atoms with Gasteiger partial charge in [-0.3, -0.25) is 0 Å². The number of hydrogen-bond acceptors (Lipinski definition) is 3. The van der Waals surface area contributed by atoms with Gasteiger partial charge in [0.1, 0.15) is 25.9 Å². The maximum Gasteiger partial charge on any atom is 0.146 e. The van der Waals surface area contributed by atoms with Crippen LogP contribution in [0.4, 0.5) is 10.2 Å². The molecule has 0 amide bonds. The van der Waals surface area contributed by atoms with Crippen molar-refractivity contribution in [3.8, 4) is 6.07 Å². The summed E-state index contributed by atoms with van der Waals surface area (Å²) < 4.78 is 13.0. The first-order valence-electron chi connectivity index (χ1n) is 4.96. The molecule has 2 rings (SSSR count). The average molecular weight is 203 g/mol. The van der Waals surface area contributed by atoms with E-state index in [1.807, 2.05) is 12.7 Å². The number of anilines is 1. The summed E-state index contributed by atoms with van der Waals surface area (Å²) in [5.41, 5.74) is 1.48. The van der Waals surface area contributed by atoms with Crippen molar-refractivity contribution in [3.63, 3.8) is 0 Å². The lowest BCUT2D eigenvalue weighted by Crippen LogP contribution is -2.23. The molecule has 0 radical (unpaired) electrons. The van der Waals surface area contributed by atoms with Crippen LogP contribution < -0.4 is 10.4 Å². The Morgan fingerprint density at radius 2 is 2.47 bits per heavy atom. The number of rotatable bonds is 1. The summed E-state index contributed by atoms with van der Waals surface area (Å²) in [5.74, 6) is 0.614. The van der Waals surface area contributed by atoms with Crippen LogP contribution in [0.2, 0.25) is 0 Å². The Labute approximate surface area is 88.9 Å². The molecular weight excluding hydrogens is 192 g/mol. The minimum Gasteiger partial charge on any atom is -0.353 e. The molecule has 1 fully saturated rings. The van der Waals surface area contributed by atoms with E-state index >= 15 is 0 Å². The smallest absolute Gasteiger partial charge is 0.146 e. The molecule has 15 heavy (non-hydrogen) atoms. The molecule has 1 atom stereocenters. The Balaban J connectivity index is 2.32. The van der Waals surface area contributed by atoms with E-state index in [1.165, 1.54) is 0 Å². The second-order valence-corrected chi connectivity index (χ2v) is 3.83. The highest BCUT2D eigenvalue weighted by Gasteiger charge is 2.24. The summed E-state index contributed by atoms with van der Waals surface area (Å²) in [6, 6.07) is 3.89. The topological polar surface area (TPSA) is 39.9 Å². The summed E-state index contributed by atoms with van der Waals surface area (Å²) >= 11 is 0. The van der Waals surface area contributed by atoms with E-state index in [4.69, 9.17) is 5.26 Å². The number of nitriles is 1. The molecular formula is C10H11BFN3. The maximum atomic E-state index is 13.0. The summed E-state index contributed by atoms with van der Waals surface area (Å²) in [4.78, 5) is 6.04. The van der Waals surface area contributed by atoms with Crippen LogP contribution in [0.1, 0.15) is 12.0 Å². The quantitative estimate of drug-likeness (QED) is 0.591. The van der Waals surface area contributed by atoms with Crippen molar-refractivity contribution in [1.82, 2.24) is 4.98 Å². The summed E-state index contributed by atoms with van der Waals surface area (Å²) in [6.07, 6.45) is 1.45. The van der Waals surface area contributed by atoms with Crippen LogP contribution in [0.3, 0.4) is 0 Å². The highest BCUT2D eigenvalue weighted by Crippen LogP contribution is 2.22. The second kappa shape index (κ2) is 3.89. The third-order valence-corrected chi connectivity index (χ3v) is 2.55. The molecule has 0 unspecified atom stereocenters. The highest BCUT2D eigenvalue weighted by atomic mass is 19.1. The van der Waals surface area contributed by atoms with Crippen LogP contribution in [0.5, 0.6) is 0 Å². The van der Waals surface area contributed by atoms with E-state index in [9.17, 15) is 4.39 Å². The zero-order valence-electron chi connectivity index (χ0n) is 8.57. The van der Waals surface area contributed by atoms with Crippen molar-refractivity contribution in [2.24, 2.45) is 0 Å². The molecule has 0 bridgehead atoms. The van der Waals surface area contributed by atoms with Crippen molar-refractivity contribution in [2.45, 2.75) is 12.6 Å². The van der Waals surface area contributed by atoms with Crippen molar-refractivity contribution in [1.29, 1.82) is 5.26 Å². The van der Waals surface area contributed by atoms with Gasteiger partial charge in [-0.25, -0.2) is 9.37 Å². The van der Waals surface area contributed by atoms with Crippen LogP contribution in [-0.2, 0) is 0 Å². The van der Waals surface area contributed by atoms with Crippen molar-refractivity contribution in [3.05, 3.63) is 17.8 Å². The van der Waals surface area contributed by atoms with Crippen LogP contribution in [0.25, 0.3) is 0 Å². The largest absolute Gasteiger partial charge is 0.353 e. The predicted octanol–water partition coefficient (Wildman–Crippen LogP) is -0.240. The first-order chi connectivity index (χ1) is 7.20. The van der Waals surface area contributed by atoms with E-state index < -0.39 is 6.17 Å². The fraction of sp³-hybridized carbons (Fsp3) is 0.400. The van der Waals surface area contributed by atoms with Crippen molar-refractivity contribution in [2.75, 3.05) is 18.0 Å². The Hall–Kier alpha value is -1.57. The molecule has 0 saturated carbocycles. The Bertz CT molecular complexity index is 416. The van der Waals surface area contributed by atoms with Gasteiger partial charge in [-0.05, 0) is 12.5 Å². The van der Waals surface area contributed by atoms with Gasteiger partial charge in [-0.2, -0.15) is 5.26 Å². The molecule has 1 aliphatic rings. The molecule has 0 N–H and O–H groups in total. The standard InChI is InChI=1S/C10H11BFN3/c11-8-3-7(4-13)10(14-5-8)15-2-1-9(12)6-15/h3,5,9H,1-2,6,11H2/t9-/m0/s1. The molecule has 0 aromatic carbocycles. The molecule has 2 heterocycles. The van der Waals surface area contributed by atoms with Crippen molar-refractivity contribution < 1.29 is 4.39 Å². The van der Waals surface area contributed by atoms with Crippen LogP contribution in [0, 0.1) is 11.3 Å². The van der Waals surface area contributed by atoms with Gasteiger partial charge in [-0.15, -0.1) is 0 Å².